The topological polar surface area (TPSA) is 109 Å². The van der Waals surface area contributed by atoms with Gasteiger partial charge in [-0.3, -0.25) is 0 Å². The average molecular weight is 440 g/mol. The minimum atomic E-state index is 0.227. The number of thiophene rings is 1. The van der Waals surface area contributed by atoms with E-state index < -0.39 is 0 Å². The number of nitrogens with zero attached hydrogens (tertiary/aromatic N) is 4. The van der Waals surface area contributed by atoms with Crippen LogP contribution in [0.15, 0.2) is 27.8 Å². The predicted molar refractivity (Wildman–Crippen MR) is 114 cm³/mol. The highest BCUT2D eigenvalue weighted by Crippen LogP contribution is 2.39. The largest absolute Gasteiger partial charge is 0.454 e. The molecule has 1 aromatic carbocycles. The Morgan fingerprint density at radius 1 is 1.07 bits per heavy atom. The lowest BCUT2D eigenvalue weighted by Gasteiger charge is -2.10. The van der Waals surface area contributed by atoms with Crippen LogP contribution in [0.5, 0.6) is 11.5 Å². The molecule has 152 valence electrons. The highest BCUT2D eigenvalue weighted by atomic mass is 32.2. The van der Waals surface area contributed by atoms with Crippen LogP contribution in [0.25, 0.3) is 21.7 Å². The number of rotatable bonds is 4. The van der Waals surface area contributed by atoms with E-state index in [0.29, 0.717) is 40.0 Å². The fraction of sp³-hybridized carbons (Fsp3) is 0.300. The minimum absolute atomic E-state index is 0.227. The summed E-state index contributed by atoms with van der Waals surface area (Å²) in [6, 6.07) is 5.54. The van der Waals surface area contributed by atoms with Crippen LogP contribution in [0.2, 0.25) is 0 Å². The van der Waals surface area contributed by atoms with Crippen molar-refractivity contribution >= 4 is 39.1 Å². The van der Waals surface area contributed by atoms with Crippen LogP contribution in [-0.4, -0.2) is 27.0 Å². The van der Waals surface area contributed by atoms with Crippen LogP contribution < -0.4 is 15.2 Å². The zero-order valence-corrected chi connectivity index (χ0v) is 17.5. The number of nitrogen functional groups attached to an aromatic ring is 1. The Labute approximate surface area is 179 Å². The van der Waals surface area contributed by atoms with E-state index in [1.54, 1.807) is 11.3 Å². The van der Waals surface area contributed by atoms with Gasteiger partial charge in [0, 0.05) is 10.4 Å². The molecule has 6 rings (SSSR count). The van der Waals surface area contributed by atoms with E-state index in [-0.39, 0.29) is 6.79 Å². The Kier molecular flexibility index (Phi) is 4.27. The van der Waals surface area contributed by atoms with Crippen molar-refractivity contribution in [1.29, 1.82) is 0 Å². The molecule has 0 fully saturated rings. The Hall–Kier alpha value is -2.85. The molecular weight excluding hydrogens is 422 g/mol. The molecule has 0 amide bonds. The van der Waals surface area contributed by atoms with Gasteiger partial charge in [-0.05, 0) is 49.4 Å². The van der Waals surface area contributed by atoms with Crippen molar-refractivity contribution in [3.8, 4) is 23.0 Å². The summed E-state index contributed by atoms with van der Waals surface area (Å²) in [6.45, 7) is 0.227. The molecule has 4 heterocycles. The first-order valence-corrected chi connectivity index (χ1v) is 11.5. The van der Waals surface area contributed by atoms with Gasteiger partial charge in [-0.2, -0.15) is 0 Å². The van der Waals surface area contributed by atoms with Crippen molar-refractivity contribution < 1.29 is 13.9 Å². The number of ether oxygens (including phenoxy) is 2. The second-order valence-corrected chi connectivity index (χ2v) is 9.16. The standard InChI is InChI=1S/C20H17N5O3S2/c21-17-16-11-3-1-2-4-14(11)30-19(16)23-15(22-17)8-29-20-25-24-18(28-20)10-5-6-12-13(7-10)27-9-26-12/h5-7H,1-4,8-9H2,(H2,21,22,23). The van der Waals surface area contributed by atoms with E-state index in [1.807, 2.05) is 18.2 Å². The molecule has 8 nitrogen and oxygen atoms in total. The van der Waals surface area contributed by atoms with E-state index in [1.165, 1.54) is 35.0 Å². The molecule has 3 aromatic heterocycles. The van der Waals surface area contributed by atoms with Gasteiger partial charge in [-0.25, -0.2) is 9.97 Å². The fourth-order valence-electron chi connectivity index (χ4n) is 3.84. The normalized spacial score (nSPS) is 14.9. The average Bonchev–Trinajstić information content (AvgIpc) is 3.49. The van der Waals surface area contributed by atoms with Gasteiger partial charge in [0.1, 0.15) is 16.5 Å². The Morgan fingerprint density at radius 3 is 2.93 bits per heavy atom. The summed E-state index contributed by atoms with van der Waals surface area (Å²) < 4.78 is 16.5. The van der Waals surface area contributed by atoms with E-state index >= 15 is 0 Å². The smallest absolute Gasteiger partial charge is 0.277 e. The lowest BCUT2D eigenvalue weighted by atomic mass is 9.97. The number of hydrogen-bond donors (Lipinski definition) is 1. The second-order valence-electron chi connectivity index (χ2n) is 7.15. The summed E-state index contributed by atoms with van der Waals surface area (Å²) in [5.74, 6) is 3.57. The number of thioether (sulfide) groups is 1. The van der Waals surface area contributed by atoms with Gasteiger partial charge in [0.2, 0.25) is 12.7 Å². The maximum absolute atomic E-state index is 6.29. The Balaban J connectivity index is 1.21. The van der Waals surface area contributed by atoms with Crippen LogP contribution in [0.1, 0.15) is 29.1 Å². The third-order valence-corrected chi connectivity index (χ3v) is 7.24. The van der Waals surface area contributed by atoms with E-state index in [4.69, 9.17) is 24.6 Å². The Morgan fingerprint density at radius 2 is 1.97 bits per heavy atom. The summed E-state index contributed by atoms with van der Waals surface area (Å²) in [5, 5.41) is 9.77. The van der Waals surface area contributed by atoms with Crippen molar-refractivity contribution in [2.75, 3.05) is 12.5 Å². The van der Waals surface area contributed by atoms with Crippen molar-refractivity contribution in [3.63, 3.8) is 0 Å². The van der Waals surface area contributed by atoms with E-state index in [0.717, 1.165) is 28.6 Å². The fourth-order valence-corrected chi connectivity index (χ4v) is 5.74. The van der Waals surface area contributed by atoms with Crippen LogP contribution in [-0.2, 0) is 18.6 Å². The Bertz CT molecular complexity index is 1270. The molecule has 2 aliphatic rings. The lowest BCUT2D eigenvalue weighted by molar-refractivity contribution is 0.174. The van der Waals surface area contributed by atoms with E-state index in [9.17, 15) is 0 Å². The third-order valence-electron chi connectivity index (χ3n) is 5.24. The first-order valence-electron chi connectivity index (χ1n) is 9.67. The predicted octanol–water partition coefficient (Wildman–Crippen LogP) is 4.22. The second kappa shape index (κ2) is 7.13. The van der Waals surface area contributed by atoms with Crippen LogP contribution in [0.4, 0.5) is 5.82 Å². The van der Waals surface area contributed by atoms with Crippen LogP contribution >= 0.6 is 23.1 Å². The van der Waals surface area contributed by atoms with Gasteiger partial charge in [-0.1, -0.05) is 11.8 Å². The highest BCUT2D eigenvalue weighted by molar-refractivity contribution is 7.98. The van der Waals surface area contributed by atoms with Crippen molar-refractivity contribution in [2.45, 2.75) is 36.7 Å². The summed E-state index contributed by atoms with van der Waals surface area (Å²) in [7, 11) is 0. The molecule has 30 heavy (non-hydrogen) atoms. The number of anilines is 1. The molecule has 0 radical (unpaired) electrons. The van der Waals surface area contributed by atoms with Crippen molar-refractivity contribution in [3.05, 3.63) is 34.5 Å². The molecule has 0 atom stereocenters. The number of aromatic nitrogens is 4. The number of nitrogens with two attached hydrogens (primary N) is 1. The summed E-state index contributed by atoms with van der Waals surface area (Å²) in [5.41, 5.74) is 8.42. The SMILES string of the molecule is Nc1nc(CSc2nnc(-c3ccc4c(c3)OCO4)o2)nc2sc3c(c12)CCCC3. The first kappa shape index (κ1) is 18.0. The molecule has 0 saturated carbocycles. The molecule has 1 aliphatic carbocycles. The summed E-state index contributed by atoms with van der Waals surface area (Å²) >= 11 is 3.14. The van der Waals surface area contributed by atoms with Crippen molar-refractivity contribution in [1.82, 2.24) is 20.2 Å². The van der Waals surface area contributed by atoms with Gasteiger partial charge in [0.15, 0.2) is 11.5 Å². The molecule has 0 saturated heterocycles. The first-order chi connectivity index (χ1) is 14.7. The molecule has 10 heteroatoms. The number of benzene rings is 1. The molecule has 2 N–H and O–H groups in total. The quantitative estimate of drug-likeness (QED) is 0.467. The molecule has 0 spiro atoms. The number of fused-ring (bicyclic) bond motifs is 4. The molecule has 4 aromatic rings. The molecule has 0 unspecified atom stereocenters. The van der Waals surface area contributed by atoms with Crippen LogP contribution in [0, 0.1) is 0 Å². The number of hydrogen-bond acceptors (Lipinski definition) is 10. The minimum Gasteiger partial charge on any atom is -0.454 e. The third kappa shape index (κ3) is 3.07. The summed E-state index contributed by atoms with van der Waals surface area (Å²) in [6.07, 6.45) is 4.63. The maximum atomic E-state index is 6.29. The van der Waals surface area contributed by atoms with Gasteiger partial charge in [-0.15, -0.1) is 21.5 Å². The highest BCUT2D eigenvalue weighted by Gasteiger charge is 2.21. The molecule has 1 aliphatic heterocycles. The molecule has 0 bridgehead atoms. The van der Waals surface area contributed by atoms with Gasteiger partial charge >= 0.3 is 0 Å². The summed E-state index contributed by atoms with van der Waals surface area (Å²) in [4.78, 5) is 11.7. The monoisotopic (exact) mass is 439 g/mol. The number of aryl methyl sites for hydroxylation is 2. The van der Waals surface area contributed by atoms with Crippen molar-refractivity contribution in [2.24, 2.45) is 0 Å². The zero-order valence-electron chi connectivity index (χ0n) is 15.9. The van der Waals surface area contributed by atoms with Gasteiger partial charge < -0.3 is 19.6 Å². The van der Waals surface area contributed by atoms with Gasteiger partial charge in [0.25, 0.3) is 5.22 Å². The molecular formula is C20H17N5O3S2. The maximum Gasteiger partial charge on any atom is 0.277 e. The van der Waals surface area contributed by atoms with E-state index in [2.05, 4.69) is 15.2 Å². The lowest BCUT2D eigenvalue weighted by Crippen LogP contribution is -2.02. The van der Waals surface area contributed by atoms with Gasteiger partial charge in [0.05, 0.1) is 11.1 Å². The van der Waals surface area contributed by atoms with Crippen LogP contribution in [0.3, 0.4) is 0 Å². The zero-order chi connectivity index (χ0) is 20.1.